The lowest BCUT2D eigenvalue weighted by atomic mass is 9.94. The van der Waals surface area contributed by atoms with E-state index in [9.17, 15) is 14.4 Å². The molecule has 8 heteroatoms. The van der Waals surface area contributed by atoms with Crippen molar-refractivity contribution < 1.29 is 19.1 Å². The first-order valence-corrected chi connectivity index (χ1v) is 14.0. The van der Waals surface area contributed by atoms with Crippen molar-refractivity contribution >= 4 is 35.2 Å². The first-order chi connectivity index (χ1) is 18.7. The van der Waals surface area contributed by atoms with Gasteiger partial charge in [0.1, 0.15) is 17.7 Å². The van der Waals surface area contributed by atoms with E-state index in [1.165, 1.54) is 4.90 Å². The Bertz CT molecular complexity index is 1230. The third-order valence-corrected chi connectivity index (χ3v) is 6.72. The highest BCUT2D eigenvalue weighted by molar-refractivity contribution is 6.34. The SMILES string of the molecule is C#Cc1ccccc1C(C(=O)Nc1c(C)cccc1Cl)N(C(=O)C(C)NC(=O)OC(C)(C)C)C(C)CCC(C)C. The number of anilines is 1. The summed E-state index contributed by atoms with van der Waals surface area (Å²) in [7, 11) is 0. The minimum Gasteiger partial charge on any atom is -0.444 e. The van der Waals surface area contributed by atoms with Crippen molar-refractivity contribution in [2.24, 2.45) is 5.92 Å². The maximum atomic E-state index is 14.2. The highest BCUT2D eigenvalue weighted by atomic mass is 35.5. The van der Waals surface area contributed by atoms with Gasteiger partial charge in [0.05, 0.1) is 10.7 Å². The van der Waals surface area contributed by atoms with Crippen LogP contribution < -0.4 is 10.6 Å². The molecule has 2 rings (SSSR count). The number of hydrogen-bond acceptors (Lipinski definition) is 4. The van der Waals surface area contributed by atoms with Gasteiger partial charge in [-0.05, 0) is 83.6 Å². The normalized spacial score (nSPS) is 13.5. The Labute approximate surface area is 244 Å². The molecular formula is C32H42ClN3O4. The molecule has 0 radical (unpaired) electrons. The summed E-state index contributed by atoms with van der Waals surface area (Å²) in [6.45, 7) is 14.8. The number of nitrogens with one attached hydrogen (secondary N) is 2. The number of carbonyl (C=O) groups is 3. The van der Waals surface area contributed by atoms with Gasteiger partial charge in [-0.3, -0.25) is 9.59 Å². The van der Waals surface area contributed by atoms with Crippen LogP contribution in [0.4, 0.5) is 10.5 Å². The highest BCUT2D eigenvalue weighted by Gasteiger charge is 2.38. The third kappa shape index (κ3) is 9.02. The lowest BCUT2D eigenvalue weighted by Crippen LogP contribution is -2.54. The van der Waals surface area contributed by atoms with E-state index in [1.807, 2.05) is 19.9 Å². The lowest BCUT2D eigenvalue weighted by molar-refractivity contribution is -0.143. The van der Waals surface area contributed by atoms with Crippen LogP contribution in [-0.4, -0.2) is 40.5 Å². The minimum absolute atomic E-state index is 0.369. The molecule has 0 bridgehead atoms. The van der Waals surface area contributed by atoms with E-state index in [4.69, 9.17) is 22.8 Å². The maximum absolute atomic E-state index is 14.2. The molecule has 0 aliphatic heterocycles. The van der Waals surface area contributed by atoms with Gasteiger partial charge >= 0.3 is 6.09 Å². The number of benzene rings is 2. The molecule has 2 N–H and O–H groups in total. The van der Waals surface area contributed by atoms with E-state index in [0.717, 1.165) is 12.0 Å². The van der Waals surface area contributed by atoms with Crippen LogP contribution in [0.5, 0.6) is 0 Å². The molecular weight excluding hydrogens is 526 g/mol. The molecule has 0 aliphatic carbocycles. The number of rotatable bonds is 10. The van der Waals surface area contributed by atoms with Crippen molar-refractivity contribution in [3.8, 4) is 12.3 Å². The molecule has 0 aromatic heterocycles. The van der Waals surface area contributed by atoms with Gasteiger partial charge in [0.15, 0.2) is 0 Å². The first kappa shape index (κ1) is 32.7. The first-order valence-electron chi connectivity index (χ1n) is 13.6. The Hall–Kier alpha value is -3.50. The second-order valence-corrected chi connectivity index (χ2v) is 11.9. The number of aryl methyl sites for hydroxylation is 1. The number of nitrogens with zero attached hydrogens (tertiary/aromatic N) is 1. The quantitative estimate of drug-likeness (QED) is 0.306. The molecule has 3 atom stereocenters. The maximum Gasteiger partial charge on any atom is 0.408 e. The Morgan fingerprint density at radius 3 is 2.25 bits per heavy atom. The Kier molecular flexibility index (Phi) is 11.6. The summed E-state index contributed by atoms with van der Waals surface area (Å²) in [5, 5.41) is 5.96. The van der Waals surface area contributed by atoms with E-state index >= 15 is 0 Å². The molecule has 40 heavy (non-hydrogen) atoms. The molecule has 3 amide bonds. The summed E-state index contributed by atoms with van der Waals surface area (Å²) >= 11 is 6.44. The van der Waals surface area contributed by atoms with Gasteiger partial charge in [-0.15, -0.1) is 6.42 Å². The van der Waals surface area contributed by atoms with Gasteiger partial charge in [-0.25, -0.2) is 4.79 Å². The summed E-state index contributed by atoms with van der Waals surface area (Å²) in [5.74, 6) is 2.13. The lowest BCUT2D eigenvalue weighted by Gasteiger charge is -2.38. The summed E-state index contributed by atoms with van der Waals surface area (Å²) in [6.07, 6.45) is 6.58. The van der Waals surface area contributed by atoms with Crippen molar-refractivity contribution in [1.82, 2.24) is 10.2 Å². The fraction of sp³-hybridized carbons (Fsp3) is 0.469. The molecule has 0 fully saturated rings. The largest absolute Gasteiger partial charge is 0.444 e. The van der Waals surface area contributed by atoms with Gasteiger partial charge in [-0.2, -0.15) is 0 Å². The number of terminal acetylenes is 1. The number of halogens is 1. The van der Waals surface area contributed by atoms with Crippen molar-refractivity contribution in [2.45, 2.75) is 92.0 Å². The average Bonchev–Trinajstić information content (AvgIpc) is 2.86. The summed E-state index contributed by atoms with van der Waals surface area (Å²) in [5.41, 5.74) is 1.48. The molecule has 3 unspecified atom stereocenters. The van der Waals surface area contributed by atoms with Gasteiger partial charge in [0.2, 0.25) is 5.91 Å². The van der Waals surface area contributed by atoms with Crippen molar-refractivity contribution in [1.29, 1.82) is 0 Å². The van der Waals surface area contributed by atoms with Crippen LogP contribution in [-0.2, 0) is 14.3 Å². The smallest absolute Gasteiger partial charge is 0.408 e. The second-order valence-electron chi connectivity index (χ2n) is 11.5. The summed E-state index contributed by atoms with van der Waals surface area (Å²) in [4.78, 5) is 42.4. The van der Waals surface area contributed by atoms with E-state index in [2.05, 4.69) is 30.4 Å². The Morgan fingerprint density at radius 1 is 1.02 bits per heavy atom. The molecule has 2 aromatic rings. The minimum atomic E-state index is -1.10. The second kappa shape index (κ2) is 14.2. The fourth-order valence-electron chi connectivity index (χ4n) is 4.35. The van der Waals surface area contributed by atoms with Crippen LogP contribution >= 0.6 is 11.6 Å². The zero-order valence-electron chi connectivity index (χ0n) is 24.8. The number of amides is 3. The third-order valence-electron chi connectivity index (χ3n) is 6.40. The molecule has 0 saturated carbocycles. The van der Waals surface area contributed by atoms with Crippen LogP contribution in [0.1, 0.15) is 84.0 Å². The molecule has 0 aliphatic rings. The van der Waals surface area contributed by atoms with Crippen molar-refractivity contribution in [3.63, 3.8) is 0 Å². The summed E-state index contributed by atoms with van der Waals surface area (Å²) < 4.78 is 5.37. The van der Waals surface area contributed by atoms with Crippen LogP contribution in [0.25, 0.3) is 0 Å². The van der Waals surface area contributed by atoms with Crippen molar-refractivity contribution in [2.75, 3.05) is 5.32 Å². The molecule has 0 heterocycles. The fourth-order valence-corrected chi connectivity index (χ4v) is 4.62. The number of hydrogen-bond donors (Lipinski definition) is 2. The van der Waals surface area contributed by atoms with Gasteiger partial charge < -0.3 is 20.3 Å². The van der Waals surface area contributed by atoms with Crippen LogP contribution in [0.15, 0.2) is 42.5 Å². The van der Waals surface area contributed by atoms with Crippen LogP contribution in [0.3, 0.4) is 0 Å². The van der Waals surface area contributed by atoms with E-state index in [0.29, 0.717) is 34.2 Å². The van der Waals surface area contributed by atoms with Crippen LogP contribution in [0.2, 0.25) is 5.02 Å². The number of para-hydroxylation sites is 1. The zero-order valence-corrected chi connectivity index (χ0v) is 25.6. The molecule has 2 aromatic carbocycles. The molecule has 0 spiro atoms. The van der Waals surface area contributed by atoms with Crippen molar-refractivity contribution in [3.05, 3.63) is 64.2 Å². The topological polar surface area (TPSA) is 87.7 Å². The highest BCUT2D eigenvalue weighted by Crippen LogP contribution is 2.32. The predicted octanol–water partition coefficient (Wildman–Crippen LogP) is 6.88. The monoisotopic (exact) mass is 567 g/mol. The molecule has 7 nitrogen and oxygen atoms in total. The number of carbonyl (C=O) groups excluding carboxylic acids is 3. The van der Waals surface area contributed by atoms with Gasteiger partial charge in [0.25, 0.3) is 5.91 Å². The average molecular weight is 568 g/mol. The van der Waals surface area contributed by atoms with E-state index in [1.54, 1.807) is 64.1 Å². The zero-order chi connectivity index (χ0) is 30.2. The predicted molar refractivity (Wildman–Crippen MR) is 161 cm³/mol. The van der Waals surface area contributed by atoms with Gasteiger partial charge in [-0.1, -0.05) is 61.7 Å². The molecule has 216 valence electrons. The van der Waals surface area contributed by atoms with Crippen LogP contribution in [0, 0.1) is 25.2 Å². The number of ether oxygens (including phenoxy) is 1. The standard InChI is InChI=1S/C32H42ClN3O4/c1-10-24-15-11-12-16-25(24)28(29(37)35-27-21(4)14-13-17-26(27)33)36(22(5)19-18-20(2)3)30(38)23(6)34-31(39)40-32(7,8)9/h1,11-17,20,22-23,28H,18-19H2,2-9H3,(H,34,39)(H,35,37). The Balaban J connectivity index is 2.63. The molecule has 0 saturated heterocycles. The number of alkyl carbamates (subject to hydrolysis) is 1. The van der Waals surface area contributed by atoms with Gasteiger partial charge in [0, 0.05) is 11.6 Å². The van der Waals surface area contributed by atoms with E-state index in [-0.39, 0.29) is 6.04 Å². The van der Waals surface area contributed by atoms with E-state index < -0.39 is 35.6 Å². The Morgan fingerprint density at radius 2 is 1.68 bits per heavy atom. The summed E-state index contributed by atoms with van der Waals surface area (Å²) in [6, 6.07) is 9.93.